The Morgan fingerprint density at radius 2 is 1.84 bits per heavy atom. The molecule has 2 aliphatic carbocycles. The molecular weight excluding hydrogens is 255 g/mol. The molecule has 5 heteroatoms. The maximum atomic E-state index is 12.9. The summed E-state index contributed by atoms with van der Waals surface area (Å²) in [6, 6.07) is 0.949. The topological polar surface area (TPSA) is 33.1 Å². The fourth-order valence-corrected chi connectivity index (χ4v) is 3.62. The zero-order valence-corrected chi connectivity index (χ0v) is 10.4. The van der Waals surface area contributed by atoms with Gasteiger partial charge in [0.25, 0.3) is 0 Å². The second kappa shape index (κ2) is 4.47. The van der Waals surface area contributed by atoms with Crippen molar-refractivity contribution in [1.29, 1.82) is 0 Å². The van der Waals surface area contributed by atoms with Gasteiger partial charge in [0.1, 0.15) is 0 Å². The Kier molecular flexibility index (Phi) is 3.04. The first kappa shape index (κ1) is 12.9. The number of fused-ring (bicyclic) bond motifs is 1. The van der Waals surface area contributed by atoms with Gasteiger partial charge < -0.3 is 5.11 Å². The molecule has 2 saturated carbocycles. The van der Waals surface area contributed by atoms with Gasteiger partial charge >= 0.3 is 6.18 Å². The highest BCUT2D eigenvalue weighted by Gasteiger charge is 2.55. The van der Waals surface area contributed by atoms with Gasteiger partial charge in [-0.1, -0.05) is 12.8 Å². The molecule has 104 valence electrons. The Labute approximate surface area is 109 Å². The molecule has 3 unspecified atom stereocenters. The molecule has 0 spiro atoms. The van der Waals surface area contributed by atoms with E-state index >= 15 is 0 Å². The van der Waals surface area contributed by atoms with E-state index in [0.29, 0.717) is 11.8 Å². The fraction of sp³-hybridized carbons (Fsp3) is 0.643. The molecule has 2 aliphatic rings. The lowest BCUT2D eigenvalue weighted by molar-refractivity contribution is -0.139. The van der Waals surface area contributed by atoms with E-state index in [-0.39, 0.29) is 11.5 Å². The molecule has 0 radical (unpaired) electrons. The first-order valence-electron chi connectivity index (χ1n) is 6.69. The highest BCUT2D eigenvalue weighted by Crippen LogP contribution is 2.60. The number of rotatable bonds is 2. The van der Waals surface area contributed by atoms with E-state index in [1.165, 1.54) is 0 Å². The van der Waals surface area contributed by atoms with Crippen LogP contribution in [0.3, 0.4) is 0 Å². The monoisotopic (exact) mass is 271 g/mol. The molecule has 1 aromatic heterocycles. The molecule has 19 heavy (non-hydrogen) atoms. The molecule has 0 amide bonds. The standard InChI is InChI=1S/C14H16F3NO/c15-14(16,17)11-5-6-18-7-10(11)13(19)12-8-3-1-2-4-9(8)12/h5-9,12-13,19H,1-4H2. The van der Waals surface area contributed by atoms with Crippen LogP contribution in [0.1, 0.15) is 42.9 Å². The molecule has 3 atom stereocenters. The molecule has 0 bridgehead atoms. The van der Waals surface area contributed by atoms with Crippen LogP contribution in [-0.2, 0) is 6.18 Å². The van der Waals surface area contributed by atoms with Gasteiger partial charge in [0.15, 0.2) is 0 Å². The molecule has 0 aliphatic heterocycles. The average molecular weight is 271 g/mol. The molecule has 2 fully saturated rings. The maximum Gasteiger partial charge on any atom is 0.416 e. The lowest BCUT2D eigenvalue weighted by Gasteiger charge is -2.17. The summed E-state index contributed by atoms with van der Waals surface area (Å²) < 4.78 is 38.8. The first-order valence-corrected chi connectivity index (χ1v) is 6.69. The molecule has 1 N–H and O–H groups in total. The van der Waals surface area contributed by atoms with Gasteiger partial charge in [-0.05, 0) is 36.7 Å². The highest BCUT2D eigenvalue weighted by molar-refractivity contribution is 5.30. The van der Waals surface area contributed by atoms with E-state index in [1.54, 1.807) is 0 Å². The summed E-state index contributed by atoms with van der Waals surface area (Å²) in [4.78, 5) is 3.75. The van der Waals surface area contributed by atoms with Gasteiger partial charge in [-0.2, -0.15) is 13.2 Å². The van der Waals surface area contributed by atoms with Crippen LogP contribution >= 0.6 is 0 Å². The summed E-state index contributed by atoms with van der Waals surface area (Å²) in [5, 5.41) is 10.3. The van der Waals surface area contributed by atoms with Gasteiger partial charge in [0, 0.05) is 18.0 Å². The van der Waals surface area contributed by atoms with Crippen LogP contribution in [0.25, 0.3) is 0 Å². The van der Waals surface area contributed by atoms with Crippen LogP contribution in [0, 0.1) is 17.8 Å². The minimum Gasteiger partial charge on any atom is -0.388 e. The minimum absolute atomic E-state index is 0.00667. The zero-order valence-electron chi connectivity index (χ0n) is 10.4. The second-order valence-corrected chi connectivity index (χ2v) is 5.60. The molecule has 2 nitrogen and oxygen atoms in total. The molecule has 3 rings (SSSR count). The number of aliphatic hydroxyl groups is 1. The average Bonchev–Trinajstić information content (AvgIpc) is 3.11. The number of nitrogens with zero attached hydrogens (tertiary/aromatic N) is 1. The van der Waals surface area contributed by atoms with Crippen molar-refractivity contribution in [3.05, 3.63) is 29.6 Å². The lowest BCUT2D eigenvalue weighted by Crippen LogP contribution is -2.14. The second-order valence-electron chi connectivity index (χ2n) is 5.60. The van der Waals surface area contributed by atoms with E-state index in [1.807, 2.05) is 0 Å². The number of alkyl halides is 3. The summed E-state index contributed by atoms with van der Waals surface area (Å²) >= 11 is 0. The number of hydrogen-bond donors (Lipinski definition) is 1. The molecule has 1 aromatic rings. The third-order valence-corrected chi connectivity index (χ3v) is 4.56. The molecule has 0 saturated heterocycles. The number of pyridine rings is 1. The Hall–Kier alpha value is -1.10. The largest absolute Gasteiger partial charge is 0.416 e. The molecular formula is C14H16F3NO. The molecule has 1 heterocycles. The van der Waals surface area contributed by atoms with Gasteiger partial charge in [-0.25, -0.2) is 0 Å². The normalized spacial score (nSPS) is 31.7. The number of halogens is 3. The number of aliphatic hydroxyl groups excluding tert-OH is 1. The molecule has 0 aromatic carbocycles. The van der Waals surface area contributed by atoms with Crippen LogP contribution < -0.4 is 0 Å². The van der Waals surface area contributed by atoms with Crippen molar-refractivity contribution in [2.24, 2.45) is 17.8 Å². The minimum atomic E-state index is -4.43. The van der Waals surface area contributed by atoms with E-state index in [0.717, 1.165) is 44.1 Å². The summed E-state index contributed by atoms with van der Waals surface area (Å²) in [5.74, 6) is 0.808. The highest BCUT2D eigenvalue weighted by atomic mass is 19.4. The van der Waals surface area contributed by atoms with Crippen molar-refractivity contribution >= 4 is 0 Å². The van der Waals surface area contributed by atoms with Crippen LogP contribution in [0.5, 0.6) is 0 Å². The summed E-state index contributed by atoms with van der Waals surface area (Å²) in [7, 11) is 0. The van der Waals surface area contributed by atoms with Crippen molar-refractivity contribution in [2.75, 3.05) is 0 Å². The number of hydrogen-bond acceptors (Lipinski definition) is 2. The predicted molar refractivity (Wildman–Crippen MR) is 63.1 cm³/mol. The van der Waals surface area contributed by atoms with E-state index < -0.39 is 17.8 Å². The van der Waals surface area contributed by atoms with Gasteiger partial charge in [0.05, 0.1) is 11.7 Å². The zero-order chi connectivity index (χ0) is 13.6. The van der Waals surface area contributed by atoms with Crippen molar-refractivity contribution in [1.82, 2.24) is 4.98 Å². The van der Waals surface area contributed by atoms with Crippen molar-refractivity contribution in [3.63, 3.8) is 0 Å². The first-order chi connectivity index (χ1) is 9.00. The van der Waals surface area contributed by atoms with Crippen LogP contribution in [0.4, 0.5) is 13.2 Å². The summed E-state index contributed by atoms with van der Waals surface area (Å²) in [6.45, 7) is 0. The predicted octanol–water partition coefficient (Wildman–Crippen LogP) is 3.57. The number of aromatic nitrogens is 1. The van der Waals surface area contributed by atoms with E-state index in [2.05, 4.69) is 4.98 Å². The Morgan fingerprint density at radius 1 is 1.21 bits per heavy atom. The fourth-order valence-electron chi connectivity index (χ4n) is 3.62. The van der Waals surface area contributed by atoms with Gasteiger partial charge in [-0.3, -0.25) is 4.98 Å². The van der Waals surface area contributed by atoms with Crippen LogP contribution in [0.15, 0.2) is 18.5 Å². The third-order valence-electron chi connectivity index (χ3n) is 4.56. The smallest absolute Gasteiger partial charge is 0.388 e. The Balaban J connectivity index is 1.86. The van der Waals surface area contributed by atoms with Gasteiger partial charge in [0.2, 0.25) is 0 Å². The van der Waals surface area contributed by atoms with Gasteiger partial charge in [-0.15, -0.1) is 0 Å². The van der Waals surface area contributed by atoms with Crippen LogP contribution in [-0.4, -0.2) is 10.1 Å². The van der Waals surface area contributed by atoms with Crippen molar-refractivity contribution in [3.8, 4) is 0 Å². The van der Waals surface area contributed by atoms with Crippen molar-refractivity contribution in [2.45, 2.75) is 38.0 Å². The van der Waals surface area contributed by atoms with E-state index in [9.17, 15) is 18.3 Å². The Morgan fingerprint density at radius 3 is 2.42 bits per heavy atom. The van der Waals surface area contributed by atoms with Crippen molar-refractivity contribution < 1.29 is 18.3 Å². The summed E-state index contributed by atoms with van der Waals surface area (Å²) in [6.07, 6.45) is 1.16. The quantitative estimate of drug-likeness (QED) is 0.892. The Bertz CT molecular complexity index is 462. The SMILES string of the molecule is OC(c1cnccc1C(F)(F)F)C1C2CCCCC21. The maximum absolute atomic E-state index is 12.9. The third kappa shape index (κ3) is 2.24. The summed E-state index contributed by atoms with van der Waals surface area (Å²) in [5.41, 5.74) is -0.812. The lowest BCUT2D eigenvalue weighted by atomic mass is 9.99. The van der Waals surface area contributed by atoms with Crippen LogP contribution in [0.2, 0.25) is 0 Å². The van der Waals surface area contributed by atoms with E-state index in [4.69, 9.17) is 0 Å².